The molecule has 0 aliphatic carbocycles. The molecule has 11 heteroatoms. The van der Waals surface area contributed by atoms with Gasteiger partial charge in [-0.15, -0.1) is 5.10 Å². The molecule has 1 atom stereocenters. The number of nitrogens with two attached hydrogens (primary N) is 1. The van der Waals surface area contributed by atoms with Crippen LogP contribution in [0.15, 0.2) is 24.5 Å². The number of rotatable bonds is 5. The molecule has 1 aromatic carbocycles. The summed E-state index contributed by atoms with van der Waals surface area (Å²) < 4.78 is 22.6. The highest BCUT2D eigenvalue weighted by Gasteiger charge is 2.30. The molecule has 4 heterocycles. The Morgan fingerprint density at radius 2 is 2.09 bits per heavy atom. The Balaban J connectivity index is 1.48. The van der Waals surface area contributed by atoms with Crippen molar-refractivity contribution in [1.29, 1.82) is 0 Å². The van der Waals surface area contributed by atoms with E-state index in [9.17, 15) is 9.18 Å². The summed E-state index contributed by atoms with van der Waals surface area (Å²) in [6, 6.07) is 2.87. The summed E-state index contributed by atoms with van der Waals surface area (Å²) in [4.78, 5) is 23.3. The first-order valence-electron chi connectivity index (χ1n) is 11.2. The van der Waals surface area contributed by atoms with Crippen LogP contribution in [0.3, 0.4) is 0 Å². The fourth-order valence-corrected chi connectivity index (χ4v) is 4.34. The van der Waals surface area contributed by atoms with E-state index in [2.05, 4.69) is 20.1 Å². The third-order valence-electron chi connectivity index (χ3n) is 6.74. The second-order valence-electron chi connectivity index (χ2n) is 9.22. The van der Waals surface area contributed by atoms with Gasteiger partial charge in [0.1, 0.15) is 5.54 Å². The minimum atomic E-state index is -0.708. The van der Waals surface area contributed by atoms with Crippen molar-refractivity contribution in [1.82, 2.24) is 29.4 Å². The average molecular weight is 467 g/mol. The van der Waals surface area contributed by atoms with Crippen molar-refractivity contribution in [3.05, 3.63) is 36.2 Å². The van der Waals surface area contributed by atoms with Crippen LogP contribution in [0.4, 0.5) is 16.0 Å². The van der Waals surface area contributed by atoms with E-state index in [0.717, 1.165) is 25.1 Å². The molecule has 0 amide bonds. The van der Waals surface area contributed by atoms with Crippen LogP contribution in [-0.4, -0.2) is 55.3 Å². The minimum absolute atomic E-state index is 0.0417. The standard InChI is InChI=1S/C23H27FN8O2/c1-13(33)23(2,3)31-12-15(10-26-31)30-7-5-6-14(11-30)20-28-21-16-8-17(24)19(34-4)9-18(16)27-22(25)32(21)29-20/h8-10,12,14H,5-7,11H2,1-4H3,(H2,25,27). The second-order valence-corrected chi connectivity index (χ2v) is 9.22. The summed E-state index contributed by atoms with van der Waals surface area (Å²) >= 11 is 0. The van der Waals surface area contributed by atoms with Gasteiger partial charge in [0.2, 0.25) is 5.95 Å². The number of hydrogen-bond acceptors (Lipinski definition) is 8. The average Bonchev–Trinajstić information content (AvgIpc) is 3.48. The molecule has 5 rings (SSSR count). The largest absolute Gasteiger partial charge is 0.494 e. The smallest absolute Gasteiger partial charge is 0.223 e. The molecule has 10 nitrogen and oxygen atoms in total. The van der Waals surface area contributed by atoms with Crippen LogP contribution >= 0.6 is 0 Å². The van der Waals surface area contributed by atoms with E-state index in [0.29, 0.717) is 28.9 Å². The summed E-state index contributed by atoms with van der Waals surface area (Å²) in [5.41, 5.74) is 7.34. The molecular formula is C23H27FN8O2. The zero-order valence-corrected chi connectivity index (χ0v) is 19.6. The third kappa shape index (κ3) is 3.51. The van der Waals surface area contributed by atoms with Gasteiger partial charge >= 0.3 is 0 Å². The number of nitrogen functional groups attached to an aromatic ring is 1. The quantitative estimate of drug-likeness (QED) is 0.477. The second kappa shape index (κ2) is 7.93. The highest BCUT2D eigenvalue weighted by atomic mass is 19.1. The molecular weight excluding hydrogens is 439 g/mol. The molecule has 0 spiro atoms. The fourth-order valence-electron chi connectivity index (χ4n) is 4.34. The van der Waals surface area contributed by atoms with Crippen molar-refractivity contribution in [2.24, 2.45) is 0 Å². The summed E-state index contributed by atoms with van der Waals surface area (Å²) in [5, 5.41) is 9.58. The molecule has 0 saturated carbocycles. The van der Waals surface area contributed by atoms with Gasteiger partial charge in [-0.1, -0.05) is 0 Å². The molecule has 1 aliphatic heterocycles. The lowest BCUT2D eigenvalue weighted by molar-refractivity contribution is -0.124. The van der Waals surface area contributed by atoms with E-state index in [4.69, 9.17) is 15.5 Å². The molecule has 1 fully saturated rings. The normalized spacial score (nSPS) is 17.0. The van der Waals surface area contributed by atoms with Gasteiger partial charge in [-0.2, -0.15) is 9.61 Å². The van der Waals surface area contributed by atoms with Crippen LogP contribution < -0.4 is 15.4 Å². The van der Waals surface area contributed by atoms with Crippen LogP contribution in [-0.2, 0) is 10.3 Å². The molecule has 0 bridgehead atoms. The summed E-state index contributed by atoms with van der Waals surface area (Å²) in [5.74, 6) is 0.506. The highest BCUT2D eigenvalue weighted by molar-refractivity contribution is 5.93. The van der Waals surface area contributed by atoms with E-state index in [1.807, 2.05) is 20.0 Å². The van der Waals surface area contributed by atoms with Crippen molar-refractivity contribution < 1.29 is 13.9 Å². The van der Waals surface area contributed by atoms with Gasteiger partial charge in [-0.05, 0) is 39.7 Å². The number of benzene rings is 1. The van der Waals surface area contributed by atoms with Crippen LogP contribution in [0, 0.1) is 5.82 Å². The lowest BCUT2D eigenvalue weighted by atomic mass is 9.97. The van der Waals surface area contributed by atoms with Crippen LogP contribution in [0.2, 0.25) is 0 Å². The van der Waals surface area contributed by atoms with Gasteiger partial charge in [0.25, 0.3) is 0 Å². The lowest BCUT2D eigenvalue weighted by Crippen LogP contribution is -2.35. The number of hydrogen-bond donors (Lipinski definition) is 1. The number of Topliss-reactive ketones (excluding diaryl/α,β-unsaturated/α-hetero) is 1. The number of ketones is 1. The lowest BCUT2D eigenvalue weighted by Gasteiger charge is -2.32. The number of piperidine rings is 1. The topological polar surface area (TPSA) is 116 Å². The van der Waals surface area contributed by atoms with Gasteiger partial charge < -0.3 is 15.4 Å². The Kier molecular flexibility index (Phi) is 5.14. The summed E-state index contributed by atoms with van der Waals surface area (Å²) in [6.07, 6.45) is 5.55. The minimum Gasteiger partial charge on any atom is -0.494 e. The molecule has 1 aliphatic rings. The number of carbonyl (C=O) groups is 1. The van der Waals surface area contributed by atoms with Crippen LogP contribution in [0.5, 0.6) is 5.75 Å². The monoisotopic (exact) mass is 466 g/mol. The van der Waals surface area contributed by atoms with Gasteiger partial charge in [-0.3, -0.25) is 9.48 Å². The van der Waals surface area contributed by atoms with E-state index in [-0.39, 0.29) is 23.4 Å². The maximum absolute atomic E-state index is 14.4. The molecule has 4 aromatic rings. The zero-order valence-electron chi connectivity index (χ0n) is 19.6. The molecule has 0 radical (unpaired) electrons. The third-order valence-corrected chi connectivity index (χ3v) is 6.74. The Hall–Kier alpha value is -3.76. The molecule has 1 unspecified atom stereocenters. The number of carbonyl (C=O) groups excluding carboxylic acids is 1. The van der Waals surface area contributed by atoms with Gasteiger partial charge in [-0.25, -0.2) is 14.4 Å². The van der Waals surface area contributed by atoms with Gasteiger partial charge in [0.15, 0.2) is 28.8 Å². The van der Waals surface area contributed by atoms with Crippen molar-refractivity contribution >= 4 is 34.0 Å². The predicted molar refractivity (Wildman–Crippen MR) is 126 cm³/mol. The number of halogens is 1. The fraction of sp³-hybridized carbons (Fsp3) is 0.435. The van der Waals surface area contributed by atoms with Crippen molar-refractivity contribution in [3.8, 4) is 5.75 Å². The van der Waals surface area contributed by atoms with Gasteiger partial charge in [0.05, 0.1) is 24.5 Å². The van der Waals surface area contributed by atoms with Crippen molar-refractivity contribution in [3.63, 3.8) is 0 Å². The van der Waals surface area contributed by atoms with E-state index >= 15 is 0 Å². The van der Waals surface area contributed by atoms with Crippen molar-refractivity contribution in [2.45, 2.75) is 45.1 Å². The first kappa shape index (κ1) is 22.1. The molecule has 34 heavy (non-hydrogen) atoms. The first-order valence-corrected chi connectivity index (χ1v) is 11.2. The Morgan fingerprint density at radius 1 is 1.29 bits per heavy atom. The first-order chi connectivity index (χ1) is 16.2. The number of ether oxygens (including phenoxy) is 1. The maximum Gasteiger partial charge on any atom is 0.223 e. The van der Waals surface area contributed by atoms with Gasteiger partial charge in [0, 0.05) is 36.7 Å². The molecule has 178 valence electrons. The SMILES string of the molecule is COc1cc2nc(N)n3nc(C4CCCN(c5cnn(C(C)(C)C(C)=O)c5)C4)nc3c2cc1F. The summed E-state index contributed by atoms with van der Waals surface area (Å²) in [6.45, 7) is 6.84. The Morgan fingerprint density at radius 3 is 2.82 bits per heavy atom. The summed E-state index contributed by atoms with van der Waals surface area (Å²) in [7, 11) is 1.40. The number of anilines is 2. The molecule has 1 saturated heterocycles. The number of methoxy groups -OCH3 is 1. The number of fused-ring (bicyclic) bond motifs is 3. The van der Waals surface area contributed by atoms with Crippen molar-refractivity contribution in [2.75, 3.05) is 30.8 Å². The van der Waals surface area contributed by atoms with E-state index < -0.39 is 11.4 Å². The predicted octanol–water partition coefficient (Wildman–Crippen LogP) is 2.91. The molecule has 3 aromatic heterocycles. The maximum atomic E-state index is 14.4. The highest BCUT2D eigenvalue weighted by Crippen LogP contribution is 2.32. The number of nitrogens with zero attached hydrogens (tertiary/aromatic N) is 7. The zero-order chi connectivity index (χ0) is 24.2. The van der Waals surface area contributed by atoms with Crippen LogP contribution in [0.25, 0.3) is 16.6 Å². The van der Waals surface area contributed by atoms with E-state index in [1.165, 1.54) is 23.8 Å². The number of aromatic nitrogens is 6. The van der Waals surface area contributed by atoms with Crippen LogP contribution in [0.1, 0.15) is 45.4 Å². The van der Waals surface area contributed by atoms with E-state index in [1.54, 1.807) is 17.8 Å². The Labute approximate surface area is 195 Å². The molecule has 2 N–H and O–H groups in total. The Bertz CT molecular complexity index is 1410.